The zero-order valence-electron chi connectivity index (χ0n) is 15.1. The van der Waals surface area contributed by atoms with E-state index in [1.807, 2.05) is 30.3 Å². The van der Waals surface area contributed by atoms with Crippen LogP contribution >= 0.6 is 0 Å². The molecule has 0 N–H and O–H groups in total. The fourth-order valence-corrected chi connectivity index (χ4v) is 2.47. The molecular formula is C20H19N3O4. The molecular weight excluding hydrogens is 346 g/mol. The van der Waals surface area contributed by atoms with Crippen LogP contribution in [0, 0.1) is 0 Å². The summed E-state index contributed by atoms with van der Waals surface area (Å²) in [5, 5.41) is 8.01. The molecule has 138 valence electrons. The third kappa shape index (κ3) is 4.38. The van der Waals surface area contributed by atoms with E-state index in [1.165, 1.54) is 4.90 Å². The van der Waals surface area contributed by atoms with E-state index in [0.29, 0.717) is 29.5 Å². The van der Waals surface area contributed by atoms with Crippen LogP contribution in [0.1, 0.15) is 33.5 Å². The van der Waals surface area contributed by atoms with Crippen LogP contribution in [-0.2, 0) is 11.3 Å². The second-order valence-corrected chi connectivity index (χ2v) is 5.83. The lowest BCUT2D eigenvalue weighted by molar-refractivity contribution is 0.0525. The molecule has 1 amide bonds. The number of hydrogen-bond donors (Lipinski definition) is 0. The molecule has 0 unspecified atom stereocenters. The lowest BCUT2D eigenvalue weighted by Gasteiger charge is -2.15. The maximum atomic E-state index is 12.6. The van der Waals surface area contributed by atoms with E-state index in [0.717, 1.165) is 5.56 Å². The van der Waals surface area contributed by atoms with Crippen LogP contribution in [0.4, 0.5) is 0 Å². The Kier molecular flexibility index (Phi) is 5.61. The molecule has 0 bridgehead atoms. The molecule has 7 heteroatoms. The average Bonchev–Trinajstić information content (AvgIpc) is 3.17. The summed E-state index contributed by atoms with van der Waals surface area (Å²) >= 11 is 0. The smallest absolute Gasteiger partial charge is 0.338 e. The largest absolute Gasteiger partial charge is 0.462 e. The number of aromatic nitrogens is 2. The predicted molar refractivity (Wildman–Crippen MR) is 97.9 cm³/mol. The van der Waals surface area contributed by atoms with Gasteiger partial charge in [-0.1, -0.05) is 18.2 Å². The standard InChI is InChI=1S/C20H19N3O4/c1-3-26-20(25)16-11-9-15(10-12-16)19(24)23(2)13-17-21-22-18(27-17)14-7-5-4-6-8-14/h4-12H,3,13H2,1-2H3. The van der Waals surface area contributed by atoms with E-state index in [9.17, 15) is 9.59 Å². The Morgan fingerprint density at radius 1 is 1.00 bits per heavy atom. The Labute approximate surface area is 156 Å². The zero-order valence-corrected chi connectivity index (χ0v) is 15.1. The molecule has 1 heterocycles. The van der Waals surface area contributed by atoms with Gasteiger partial charge in [-0.05, 0) is 43.3 Å². The Morgan fingerprint density at radius 2 is 1.67 bits per heavy atom. The van der Waals surface area contributed by atoms with Crippen LogP contribution in [0.15, 0.2) is 59.0 Å². The fourth-order valence-electron chi connectivity index (χ4n) is 2.47. The third-order valence-electron chi connectivity index (χ3n) is 3.85. The summed E-state index contributed by atoms with van der Waals surface area (Å²) in [6.07, 6.45) is 0. The minimum Gasteiger partial charge on any atom is -0.462 e. The SMILES string of the molecule is CCOC(=O)c1ccc(C(=O)N(C)Cc2nnc(-c3ccccc3)o2)cc1. The summed E-state index contributed by atoms with van der Waals surface area (Å²) < 4.78 is 10.6. The van der Waals surface area contributed by atoms with Crippen molar-refractivity contribution in [1.29, 1.82) is 0 Å². The first-order valence-corrected chi connectivity index (χ1v) is 8.49. The number of hydrogen-bond acceptors (Lipinski definition) is 6. The van der Waals surface area contributed by atoms with Gasteiger partial charge in [0, 0.05) is 18.2 Å². The summed E-state index contributed by atoms with van der Waals surface area (Å²) in [6.45, 7) is 2.22. The van der Waals surface area contributed by atoms with Gasteiger partial charge in [-0.25, -0.2) is 4.79 Å². The van der Waals surface area contributed by atoms with E-state index < -0.39 is 5.97 Å². The van der Waals surface area contributed by atoms with E-state index in [1.54, 1.807) is 38.2 Å². The highest BCUT2D eigenvalue weighted by molar-refractivity contribution is 5.96. The first kappa shape index (κ1) is 18.3. The highest BCUT2D eigenvalue weighted by atomic mass is 16.5. The molecule has 0 aliphatic carbocycles. The van der Waals surface area contributed by atoms with Crippen LogP contribution < -0.4 is 0 Å². The highest BCUT2D eigenvalue weighted by Gasteiger charge is 2.17. The maximum absolute atomic E-state index is 12.6. The minimum atomic E-state index is -0.413. The van der Waals surface area contributed by atoms with Gasteiger partial charge in [0.05, 0.1) is 18.7 Å². The monoisotopic (exact) mass is 365 g/mol. The van der Waals surface area contributed by atoms with Crippen LogP contribution in [0.3, 0.4) is 0 Å². The quantitative estimate of drug-likeness (QED) is 0.624. The molecule has 1 aromatic heterocycles. The van der Waals surface area contributed by atoms with Crippen molar-refractivity contribution in [3.63, 3.8) is 0 Å². The van der Waals surface area contributed by atoms with E-state index in [-0.39, 0.29) is 12.5 Å². The van der Waals surface area contributed by atoms with Crippen molar-refractivity contribution in [3.8, 4) is 11.5 Å². The molecule has 0 aliphatic rings. The normalized spacial score (nSPS) is 10.4. The molecule has 7 nitrogen and oxygen atoms in total. The number of carbonyl (C=O) groups is 2. The van der Waals surface area contributed by atoms with E-state index >= 15 is 0 Å². The Balaban J connectivity index is 1.66. The molecule has 0 atom stereocenters. The highest BCUT2D eigenvalue weighted by Crippen LogP contribution is 2.18. The Morgan fingerprint density at radius 3 is 2.33 bits per heavy atom. The summed E-state index contributed by atoms with van der Waals surface area (Å²) in [5.74, 6) is 0.118. The molecule has 3 aromatic rings. The van der Waals surface area contributed by atoms with Crippen molar-refractivity contribution in [1.82, 2.24) is 15.1 Å². The summed E-state index contributed by atoms with van der Waals surface area (Å²) in [6, 6.07) is 15.7. The predicted octanol–water partition coefficient (Wildman–Crippen LogP) is 3.19. The van der Waals surface area contributed by atoms with Gasteiger partial charge in [0.2, 0.25) is 11.8 Å². The second-order valence-electron chi connectivity index (χ2n) is 5.83. The topological polar surface area (TPSA) is 85.5 Å². The first-order chi connectivity index (χ1) is 13.1. The lowest BCUT2D eigenvalue weighted by Crippen LogP contribution is -2.26. The van der Waals surface area contributed by atoms with Crippen molar-refractivity contribution < 1.29 is 18.7 Å². The molecule has 0 saturated carbocycles. The van der Waals surface area contributed by atoms with Crippen LogP contribution in [0.5, 0.6) is 0 Å². The number of rotatable bonds is 6. The molecule has 0 saturated heterocycles. The van der Waals surface area contributed by atoms with Crippen molar-refractivity contribution in [2.45, 2.75) is 13.5 Å². The number of esters is 1. The fraction of sp³-hybridized carbons (Fsp3) is 0.200. The number of amides is 1. The second kappa shape index (κ2) is 8.27. The first-order valence-electron chi connectivity index (χ1n) is 8.49. The van der Waals surface area contributed by atoms with Gasteiger partial charge in [0.1, 0.15) is 0 Å². The number of benzene rings is 2. The maximum Gasteiger partial charge on any atom is 0.338 e. The van der Waals surface area contributed by atoms with Crippen molar-refractivity contribution in [2.75, 3.05) is 13.7 Å². The summed E-state index contributed by atoms with van der Waals surface area (Å²) in [4.78, 5) is 25.7. The summed E-state index contributed by atoms with van der Waals surface area (Å²) in [5.41, 5.74) is 1.67. The van der Waals surface area contributed by atoms with Crippen molar-refractivity contribution in [3.05, 3.63) is 71.6 Å². The van der Waals surface area contributed by atoms with Crippen molar-refractivity contribution >= 4 is 11.9 Å². The summed E-state index contributed by atoms with van der Waals surface area (Å²) in [7, 11) is 1.65. The zero-order chi connectivity index (χ0) is 19.2. The van der Waals surface area contributed by atoms with Gasteiger partial charge < -0.3 is 14.1 Å². The molecule has 2 aromatic carbocycles. The Hall–Kier alpha value is -3.48. The molecule has 27 heavy (non-hydrogen) atoms. The van der Waals surface area contributed by atoms with Crippen LogP contribution in [-0.4, -0.2) is 40.6 Å². The number of carbonyl (C=O) groups excluding carboxylic acids is 2. The average molecular weight is 365 g/mol. The molecule has 3 rings (SSSR count). The van der Waals surface area contributed by atoms with Gasteiger partial charge >= 0.3 is 5.97 Å². The van der Waals surface area contributed by atoms with Gasteiger partial charge in [-0.15, -0.1) is 10.2 Å². The van der Waals surface area contributed by atoms with Crippen LogP contribution in [0.2, 0.25) is 0 Å². The van der Waals surface area contributed by atoms with Crippen LogP contribution in [0.25, 0.3) is 11.5 Å². The Bertz CT molecular complexity index is 920. The third-order valence-corrected chi connectivity index (χ3v) is 3.85. The van der Waals surface area contributed by atoms with E-state index in [4.69, 9.17) is 9.15 Å². The van der Waals surface area contributed by atoms with Crippen molar-refractivity contribution in [2.24, 2.45) is 0 Å². The number of nitrogens with zero attached hydrogens (tertiary/aromatic N) is 3. The van der Waals surface area contributed by atoms with Gasteiger partial charge in [-0.2, -0.15) is 0 Å². The molecule has 0 radical (unpaired) electrons. The van der Waals surface area contributed by atoms with Gasteiger partial charge in [0.25, 0.3) is 5.91 Å². The molecule has 0 fully saturated rings. The van der Waals surface area contributed by atoms with Gasteiger partial charge in [-0.3, -0.25) is 4.79 Å². The lowest BCUT2D eigenvalue weighted by atomic mass is 10.1. The van der Waals surface area contributed by atoms with E-state index in [2.05, 4.69) is 10.2 Å². The number of ether oxygens (including phenoxy) is 1. The van der Waals surface area contributed by atoms with Gasteiger partial charge in [0.15, 0.2) is 0 Å². The molecule has 0 spiro atoms. The minimum absolute atomic E-state index is 0.179. The molecule has 0 aliphatic heterocycles.